The molecule has 0 unspecified atom stereocenters. The summed E-state index contributed by atoms with van der Waals surface area (Å²) >= 11 is 6.12. The molecule has 2 heterocycles. The molecular formula is C27H27ClN4O3. The number of benzene rings is 2. The van der Waals surface area contributed by atoms with E-state index >= 15 is 0 Å². The van der Waals surface area contributed by atoms with E-state index in [1.807, 2.05) is 41.3 Å². The van der Waals surface area contributed by atoms with Crippen LogP contribution in [-0.2, 0) is 11.3 Å². The van der Waals surface area contributed by atoms with Crippen LogP contribution in [0, 0.1) is 11.3 Å². The van der Waals surface area contributed by atoms with Gasteiger partial charge < -0.3 is 14.4 Å². The van der Waals surface area contributed by atoms with Crippen LogP contribution in [0.4, 0.5) is 0 Å². The van der Waals surface area contributed by atoms with Crippen molar-refractivity contribution in [3.05, 3.63) is 94.3 Å². The van der Waals surface area contributed by atoms with Gasteiger partial charge in [-0.3, -0.25) is 9.69 Å². The van der Waals surface area contributed by atoms with Gasteiger partial charge in [-0.15, -0.1) is 0 Å². The van der Waals surface area contributed by atoms with Gasteiger partial charge in [0, 0.05) is 38.9 Å². The molecular weight excluding hydrogens is 464 g/mol. The summed E-state index contributed by atoms with van der Waals surface area (Å²) in [6.07, 6.45) is 1.39. The van der Waals surface area contributed by atoms with Crippen molar-refractivity contribution in [3.8, 4) is 11.8 Å². The first-order valence-corrected chi connectivity index (χ1v) is 11.8. The van der Waals surface area contributed by atoms with Crippen LogP contribution in [0.1, 0.15) is 33.2 Å². The number of carbonyl (C=O) groups excluding carboxylic acids is 1. The Hall–Kier alpha value is -3.44. The van der Waals surface area contributed by atoms with E-state index in [1.165, 1.54) is 0 Å². The molecule has 1 aliphatic heterocycles. The molecule has 4 rings (SSSR count). The summed E-state index contributed by atoms with van der Waals surface area (Å²) in [6, 6.07) is 20.9. The van der Waals surface area contributed by atoms with Gasteiger partial charge in [-0.1, -0.05) is 35.9 Å². The van der Waals surface area contributed by atoms with Crippen molar-refractivity contribution < 1.29 is 14.3 Å². The van der Waals surface area contributed by atoms with E-state index in [2.05, 4.69) is 16.0 Å². The number of methoxy groups -OCH3 is 1. The first-order chi connectivity index (χ1) is 17.1. The smallest absolute Gasteiger partial charge is 0.257 e. The molecule has 180 valence electrons. The number of hydrogen-bond acceptors (Lipinski definition) is 6. The molecule has 0 spiro atoms. The number of carbonyl (C=O) groups is 1. The highest BCUT2D eigenvalue weighted by atomic mass is 35.5. The number of hydrogen-bond donors (Lipinski definition) is 0. The second-order valence-electron chi connectivity index (χ2n) is 8.32. The van der Waals surface area contributed by atoms with Gasteiger partial charge >= 0.3 is 0 Å². The highest BCUT2D eigenvalue weighted by Gasteiger charge is 2.26. The fraction of sp³-hybridized carbons (Fsp3) is 0.296. The molecule has 0 saturated carbocycles. The minimum atomic E-state index is -0.184. The van der Waals surface area contributed by atoms with Crippen molar-refractivity contribution in [2.75, 3.05) is 39.8 Å². The number of halogens is 1. The normalized spacial score (nSPS) is 14.8. The maximum absolute atomic E-state index is 12.9. The standard InChI is InChI=1S/C27H27ClN4O3/c1-34-23-5-2-4-22(16-23)25(35-19-21-9-7-20(17-29)8-10-21)18-31-12-14-32(15-13-31)27(33)24-6-3-11-30-26(24)28/h2-11,16,25H,12-15,18-19H2,1H3/t25-/m1/s1. The molecule has 0 N–H and O–H groups in total. The molecule has 1 aliphatic rings. The van der Waals surface area contributed by atoms with Crippen LogP contribution < -0.4 is 4.74 Å². The summed E-state index contributed by atoms with van der Waals surface area (Å²) in [5, 5.41) is 9.26. The topological polar surface area (TPSA) is 78.7 Å². The summed E-state index contributed by atoms with van der Waals surface area (Å²) in [4.78, 5) is 21.0. The molecule has 1 aromatic heterocycles. The van der Waals surface area contributed by atoms with E-state index in [0.717, 1.165) is 30.0 Å². The summed E-state index contributed by atoms with van der Waals surface area (Å²) < 4.78 is 11.8. The second-order valence-corrected chi connectivity index (χ2v) is 8.68. The highest BCUT2D eigenvalue weighted by molar-refractivity contribution is 6.32. The zero-order valence-corrected chi connectivity index (χ0v) is 20.3. The van der Waals surface area contributed by atoms with Gasteiger partial charge in [0.05, 0.1) is 37.0 Å². The van der Waals surface area contributed by atoms with Crippen molar-refractivity contribution in [3.63, 3.8) is 0 Å². The van der Waals surface area contributed by atoms with E-state index < -0.39 is 0 Å². The van der Waals surface area contributed by atoms with Crippen LogP contribution in [0.25, 0.3) is 0 Å². The third-order valence-electron chi connectivity index (χ3n) is 6.07. The Morgan fingerprint density at radius 3 is 2.57 bits per heavy atom. The number of nitrogens with zero attached hydrogens (tertiary/aromatic N) is 4. The number of piperazine rings is 1. The van der Waals surface area contributed by atoms with Gasteiger partial charge in [0.1, 0.15) is 10.9 Å². The van der Waals surface area contributed by atoms with Gasteiger partial charge in [0.25, 0.3) is 5.91 Å². The van der Waals surface area contributed by atoms with E-state index in [1.54, 1.807) is 37.6 Å². The summed E-state index contributed by atoms with van der Waals surface area (Å²) in [7, 11) is 1.65. The highest BCUT2D eigenvalue weighted by Crippen LogP contribution is 2.25. The zero-order valence-electron chi connectivity index (χ0n) is 19.6. The first kappa shape index (κ1) is 24.7. The van der Waals surface area contributed by atoms with Crippen LogP contribution in [0.15, 0.2) is 66.9 Å². The van der Waals surface area contributed by atoms with Crippen LogP contribution in [-0.4, -0.2) is 60.5 Å². The molecule has 35 heavy (non-hydrogen) atoms. The van der Waals surface area contributed by atoms with E-state index in [4.69, 9.17) is 26.3 Å². The van der Waals surface area contributed by atoms with Crippen LogP contribution in [0.2, 0.25) is 5.15 Å². The molecule has 0 aliphatic carbocycles. The van der Waals surface area contributed by atoms with Crippen molar-refractivity contribution in [1.29, 1.82) is 5.26 Å². The van der Waals surface area contributed by atoms with Gasteiger partial charge in [0.15, 0.2) is 0 Å². The maximum atomic E-state index is 12.9. The Morgan fingerprint density at radius 1 is 1.11 bits per heavy atom. The van der Waals surface area contributed by atoms with Gasteiger partial charge in [-0.05, 0) is 47.5 Å². The lowest BCUT2D eigenvalue weighted by molar-refractivity contribution is 0.00333. The number of ether oxygens (including phenoxy) is 2. The number of nitriles is 1. The van der Waals surface area contributed by atoms with E-state index in [9.17, 15) is 4.79 Å². The number of rotatable bonds is 8. The lowest BCUT2D eigenvalue weighted by atomic mass is 10.1. The lowest BCUT2D eigenvalue weighted by Crippen LogP contribution is -2.49. The molecule has 7 nitrogen and oxygen atoms in total. The van der Waals surface area contributed by atoms with Crippen molar-refractivity contribution in [2.24, 2.45) is 0 Å². The average molecular weight is 491 g/mol. The average Bonchev–Trinajstić information content (AvgIpc) is 2.91. The minimum absolute atomic E-state index is 0.0934. The number of pyridine rings is 1. The molecule has 1 amide bonds. The fourth-order valence-electron chi connectivity index (χ4n) is 4.05. The molecule has 3 aromatic rings. The van der Waals surface area contributed by atoms with Gasteiger partial charge in [0.2, 0.25) is 0 Å². The van der Waals surface area contributed by atoms with Crippen LogP contribution in [0.5, 0.6) is 5.75 Å². The third kappa shape index (κ3) is 6.37. The zero-order chi connectivity index (χ0) is 24.6. The Morgan fingerprint density at radius 2 is 1.89 bits per heavy atom. The van der Waals surface area contributed by atoms with E-state index in [-0.39, 0.29) is 17.2 Å². The third-order valence-corrected chi connectivity index (χ3v) is 6.37. The fourth-order valence-corrected chi connectivity index (χ4v) is 4.25. The van der Waals surface area contributed by atoms with Crippen molar-refractivity contribution in [2.45, 2.75) is 12.7 Å². The quantitative estimate of drug-likeness (QED) is 0.437. The van der Waals surface area contributed by atoms with Crippen molar-refractivity contribution in [1.82, 2.24) is 14.8 Å². The van der Waals surface area contributed by atoms with Gasteiger partial charge in [-0.25, -0.2) is 4.98 Å². The monoisotopic (exact) mass is 490 g/mol. The Bertz CT molecular complexity index is 1190. The summed E-state index contributed by atoms with van der Waals surface area (Å²) in [5.41, 5.74) is 3.08. The Labute approximate surface area is 210 Å². The Kier molecular flexibility index (Phi) is 8.32. The number of aromatic nitrogens is 1. The van der Waals surface area contributed by atoms with E-state index in [0.29, 0.717) is 37.4 Å². The molecule has 0 radical (unpaired) electrons. The molecule has 2 aromatic carbocycles. The minimum Gasteiger partial charge on any atom is -0.497 e. The molecule has 1 fully saturated rings. The largest absolute Gasteiger partial charge is 0.497 e. The van der Waals surface area contributed by atoms with Crippen molar-refractivity contribution >= 4 is 17.5 Å². The van der Waals surface area contributed by atoms with Crippen LogP contribution in [0.3, 0.4) is 0 Å². The molecule has 1 atom stereocenters. The summed E-state index contributed by atoms with van der Waals surface area (Å²) in [6.45, 7) is 3.76. The second kappa shape index (κ2) is 11.8. The van der Waals surface area contributed by atoms with Crippen LogP contribution >= 0.6 is 11.6 Å². The maximum Gasteiger partial charge on any atom is 0.257 e. The predicted molar refractivity (Wildman–Crippen MR) is 133 cm³/mol. The predicted octanol–water partition coefficient (Wildman–Crippen LogP) is 4.33. The first-order valence-electron chi connectivity index (χ1n) is 11.4. The molecule has 1 saturated heterocycles. The SMILES string of the molecule is COc1cccc([C@@H](CN2CCN(C(=O)c3cccnc3Cl)CC2)OCc2ccc(C#N)cc2)c1. The number of amides is 1. The van der Waals surface area contributed by atoms with Gasteiger partial charge in [-0.2, -0.15) is 5.26 Å². The Balaban J connectivity index is 1.41. The molecule has 8 heteroatoms. The lowest BCUT2D eigenvalue weighted by Gasteiger charge is -2.36. The summed E-state index contributed by atoms with van der Waals surface area (Å²) in [5.74, 6) is 0.683. The molecule has 0 bridgehead atoms.